The first-order valence-corrected chi connectivity index (χ1v) is 12.4. The van der Waals surface area contributed by atoms with Crippen molar-refractivity contribution in [2.24, 2.45) is 4.99 Å². The zero-order valence-corrected chi connectivity index (χ0v) is 20.8. The van der Waals surface area contributed by atoms with Crippen molar-refractivity contribution >= 4 is 40.8 Å². The number of hydrogen-bond acceptors (Lipinski definition) is 9. The van der Waals surface area contributed by atoms with Gasteiger partial charge in [0, 0.05) is 47.5 Å². The second-order valence-electron chi connectivity index (χ2n) is 8.60. The van der Waals surface area contributed by atoms with Crippen molar-refractivity contribution in [3.8, 4) is 0 Å². The predicted octanol–water partition coefficient (Wildman–Crippen LogP) is 2.52. The van der Waals surface area contributed by atoms with Gasteiger partial charge in [-0.15, -0.1) is 11.3 Å². The van der Waals surface area contributed by atoms with E-state index in [1.165, 1.54) is 41.5 Å². The first-order chi connectivity index (χ1) is 17.4. The molecule has 1 amide bonds. The van der Waals surface area contributed by atoms with Gasteiger partial charge in [-0.2, -0.15) is 0 Å². The molecule has 3 aliphatic heterocycles. The molecule has 2 saturated heterocycles. The molecule has 0 aliphatic carbocycles. The molecule has 1 aromatic heterocycles. The number of piperazine rings is 1. The van der Waals surface area contributed by atoms with Crippen molar-refractivity contribution in [2.45, 2.75) is 18.1 Å². The van der Waals surface area contributed by atoms with Gasteiger partial charge in [0.05, 0.1) is 38.0 Å². The van der Waals surface area contributed by atoms with Crippen LogP contribution >= 0.6 is 22.9 Å². The number of benzene rings is 1. The number of carbonyl (C=O) groups is 2. The maximum atomic E-state index is 13.8. The lowest BCUT2D eigenvalue weighted by Crippen LogP contribution is -2.66. The number of halogens is 2. The highest BCUT2D eigenvalue weighted by Gasteiger charge is 2.42. The van der Waals surface area contributed by atoms with Crippen molar-refractivity contribution in [3.63, 3.8) is 0 Å². The minimum Gasteiger partial charge on any atom is -0.466 e. The number of aliphatic imine (C=N–C) groups is 1. The Balaban J connectivity index is 1.58. The van der Waals surface area contributed by atoms with E-state index in [0.29, 0.717) is 35.3 Å². The van der Waals surface area contributed by atoms with Crippen LogP contribution in [-0.2, 0) is 14.3 Å². The number of ether oxygens (including phenoxy) is 2. The normalized spacial score (nSPS) is 24.2. The molecule has 2 fully saturated rings. The Morgan fingerprint density at radius 3 is 2.69 bits per heavy atom. The van der Waals surface area contributed by atoms with Gasteiger partial charge in [-0.25, -0.2) is 19.0 Å². The van der Waals surface area contributed by atoms with Crippen LogP contribution in [0.25, 0.3) is 0 Å². The van der Waals surface area contributed by atoms with Crippen molar-refractivity contribution in [2.75, 3.05) is 40.0 Å². The lowest BCUT2D eigenvalue weighted by atomic mass is 9.94. The number of thiazole rings is 1. The van der Waals surface area contributed by atoms with Gasteiger partial charge in [0.1, 0.15) is 11.9 Å². The first-order valence-electron chi connectivity index (χ1n) is 11.2. The van der Waals surface area contributed by atoms with Crippen molar-refractivity contribution in [3.05, 3.63) is 62.5 Å². The molecule has 4 heterocycles. The van der Waals surface area contributed by atoms with E-state index >= 15 is 0 Å². The number of nitrogens with one attached hydrogen (secondary N) is 1. The van der Waals surface area contributed by atoms with Crippen LogP contribution in [0.2, 0.25) is 5.02 Å². The van der Waals surface area contributed by atoms with E-state index in [4.69, 9.17) is 26.1 Å². The molecule has 190 valence electrons. The summed E-state index contributed by atoms with van der Waals surface area (Å²) >= 11 is 7.78. The summed E-state index contributed by atoms with van der Waals surface area (Å²) in [6.07, 6.45) is 0.678. The number of carboxylic acid groups (broad SMARTS) is 1. The summed E-state index contributed by atoms with van der Waals surface area (Å²) in [6, 6.07) is 2.69. The first kappa shape index (κ1) is 24.6. The largest absolute Gasteiger partial charge is 0.466 e. The molecule has 36 heavy (non-hydrogen) atoms. The maximum Gasteiger partial charge on any atom is 0.407 e. The van der Waals surface area contributed by atoms with Crippen LogP contribution < -0.4 is 5.32 Å². The highest BCUT2D eigenvalue weighted by Crippen LogP contribution is 2.37. The lowest BCUT2D eigenvalue weighted by molar-refractivity contribution is -0.136. The summed E-state index contributed by atoms with van der Waals surface area (Å²) in [6.45, 7) is 1.58. The number of methoxy groups -OCH3 is 1. The fourth-order valence-electron chi connectivity index (χ4n) is 4.79. The number of carbonyl (C=O) groups excluding carboxylic acids is 1. The van der Waals surface area contributed by atoms with Gasteiger partial charge in [0.2, 0.25) is 0 Å². The molecule has 2 unspecified atom stereocenters. The zero-order valence-electron chi connectivity index (χ0n) is 19.2. The molecule has 13 heteroatoms. The molecule has 0 saturated carbocycles. The van der Waals surface area contributed by atoms with E-state index < -0.39 is 23.9 Å². The van der Waals surface area contributed by atoms with E-state index in [1.807, 2.05) is 5.38 Å². The lowest BCUT2D eigenvalue weighted by Gasteiger charge is -2.49. The topological polar surface area (TPSA) is 117 Å². The van der Waals surface area contributed by atoms with Crippen molar-refractivity contribution in [1.29, 1.82) is 0 Å². The molecule has 3 atom stereocenters. The van der Waals surface area contributed by atoms with Crippen LogP contribution in [0.5, 0.6) is 0 Å². The van der Waals surface area contributed by atoms with Crippen molar-refractivity contribution in [1.82, 2.24) is 20.1 Å². The monoisotopic (exact) mass is 535 g/mol. The minimum absolute atomic E-state index is 0.130. The number of amides is 1. The highest BCUT2D eigenvalue weighted by molar-refractivity contribution is 7.11. The highest BCUT2D eigenvalue weighted by atomic mass is 35.5. The summed E-state index contributed by atoms with van der Waals surface area (Å²) in [5, 5.41) is 15.3. The van der Waals surface area contributed by atoms with Gasteiger partial charge in [-0.1, -0.05) is 17.7 Å². The number of morpholine rings is 1. The number of esters is 1. The summed E-state index contributed by atoms with van der Waals surface area (Å²) < 4.78 is 24.7. The molecule has 10 nitrogen and oxygen atoms in total. The summed E-state index contributed by atoms with van der Waals surface area (Å²) in [5.74, 6) is -0.659. The Bertz CT molecular complexity index is 1230. The maximum absolute atomic E-state index is 13.8. The predicted molar refractivity (Wildman–Crippen MR) is 130 cm³/mol. The third-order valence-corrected chi connectivity index (χ3v) is 7.56. The quantitative estimate of drug-likeness (QED) is 0.561. The van der Waals surface area contributed by atoms with Gasteiger partial charge in [0.25, 0.3) is 0 Å². The smallest absolute Gasteiger partial charge is 0.407 e. The van der Waals surface area contributed by atoms with Crippen molar-refractivity contribution < 1.29 is 28.6 Å². The third-order valence-electron chi connectivity index (χ3n) is 6.46. The molecule has 5 rings (SSSR count). The second-order valence-corrected chi connectivity index (χ2v) is 9.90. The van der Waals surface area contributed by atoms with Crippen LogP contribution in [0.4, 0.5) is 9.18 Å². The molecule has 2 N–H and O–H groups in total. The number of fused-ring (bicyclic) bond motifs is 2. The van der Waals surface area contributed by atoms with Gasteiger partial charge in [-0.05, 0) is 12.1 Å². The van der Waals surface area contributed by atoms with E-state index in [1.54, 1.807) is 6.20 Å². The summed E-state index contributed by atoms with van der Waals surface area (Å²) in [4.78, 5) is 37.4. The SMILES string of the molecule is COC(=O)C1=C(CN2C3COCC2CN(C(=O)O)C3)NC(c2nccs2)=N[C@H]1c1ccc(F)cc1Cl. The van der Waals surface area contributed by atoms with Crippen LogP contribution in [0.1, 0.15) is 16.6 Å². The summed E-state index contributed by atoms with van der Waals surface area (Å²) in [7, 11) is 1.28. The van der Waals surface area contributed by atoms with E-state index in [-0.39, 0.29) is 42.3 Å². The number of rotatable bonds is 5. The average Bonchev–Trinajstić information content (AvgIpc) is 3.38. The fourth-order valence-corrected chi connectivity index (χ4v) is 5.65. The molecule has 2 bridgehead atoms. The Morgan fingerprint density at radius 1 is 1.33 bits per heavy atom. The van der Waals surface area contributed by atoms with E-state index in [9.17, 15) is 19.1 Å². The fraction of sp³-hybridized carbons (Fsp3) is 0.391. The number of hydrogen-bond donors (Lipinski definition) is 2. The molecule has 0 radical (unpaired) electrons. The van der Waals surface area contributed by atoms with Gasteiger partial charge < -0.3 is 24.8 Å². The van der Waals surface area contributed by atoms with Crippen LogP contribution in [-0.4, -0.2) is 89.8 Å². The van der Waals surface area contributed by atoms with Gasteiger partial charge in [-0.3, -0.25) is 9.89 Å². The molecule has 3 aliphatic rings. The van der Waals surface area contributed by atoms with Crippen LogP contribution in [0.3, 0.4) is 0 Å². The van der Waals surface area contributed by atoms with Gasteiger partial charge in [0.15, 0.2) is 10.8 Å². The van der Waals surface area contributed by atoms with E-state index in [0.717, 1.165) is 0 Å². The van der Waals surface area contributed by atoms with E-state index in [2.05, 4.69) is 15.2 Å². The standard InChI is InChI=1S/C23H23ClFN5O5S/c1-34-22(31)18-17(9-30-13-7-29(23(32)33)8-14(30)11-35-10-13)27-20(21-26-4-5-36-21)28-19(18)15-3-2-12(25)6-16(15)24/h2-6,13-14,19H,7-11H2,1H3,(H,27,28)(H,32,33)/t13?,14?,19-/m0/s1. The molecular weight excluding hydrogens is 513 g/mol. The number of aromatic nitrogens is 1. The number of nitrogens with zero attached hydrogens (tertiary/aromatic N) is 4. The third kappa shape index (κ3) is 4.69. The molecule has 0 spiro atoms. The number of amidine groups is 1. The average molecular weight is 536 g/mol. The second kappa shape index (κ2) is 10.1. The Labute approximate surface area is 215 Å². The molecular formula is C23H23ClFN5O5S. The van der Waals surface area contributed by atoms with Crippen LogP contribution in [0.15, 0.2) is 46.0 Å². The minimum atomic E-state index is -0.971. The Kier molecular flexibility index (Phi) is 6.93. The van der Waals surface area contributed by atoms with Crippen LogP contribution in [0, 0.1) is 5.82 Å². The zero-order chi connectivity index (χ0) is 25.4. The molecule has 1 aromatic carbocycles. The Hall–Kier alpha value is -3.06. The summed E-state index contributed by atoms with van der Waals surface area (Å²) in [5.41, 5.74) is 1.23. The molecule has 2 aromatic rings. The van der Waals surface area contributed by atoms with Gasteiger partial charge >= 0.3 is 12.1 Å². The Morgan fingerprint density at radius 2 is 2.08 bits per heavy atom.